The Morgan fingerprint density at radius 3 is 2.61 bits per heavy atom. The maximum Gasteiger partial charge on any atom is 0.0515 e. The van der Waals surface area contributed by atoms with Crippen LogP contribution in [0.2, 0.25) is 0 Å². The van der Waals surface area contributed by atoms with Crippen molar-refractivity contribution in [3.8, 4) is 0 Å². The molecule has 2 nitrogen and oxygen atoms in total. The lowest BCUT2D eigenvalue weighted by molar-refractivity contribution is 0.706. The van der Waals surface area contributed by atoms with Crippen LogP contribution < -0.4 is 5.73 Å². The van der Waals surface area contributed by atoms with Gasteiger partial charge in [-0.3, -0.25) is 0 Å². The molecule has 1 fully saturated rings. The van der Waals surface area contributed by atoms with Crippen LogP contribution in [0.5, 0.6) is 0 Å². The number of hydrogen-bond acceptors (Lipinski definition) is 1. The standard InChI is InChI=1S/C16H22N2/c1-11(2)12-5-4-6-13-14(9-18(3)15(12)13)16(10-17)7-8-16/h4-6,9,11H,7-8,10,17H2,1-3H3. The van der Waals surface area contributed by atoms with E-state index in [9.17, 15) is 0 Å². The van der Waals surface area contributed by atoms with Gasteiger partial charge in [-0.15, -0.1) is 0 Å². The Balaban J connectivity index is 2.28. The van der Waals surface area contributed by atoms with Crippen LogP contribution >= 0.6 is 0 Å². The molecule has 2 aromatic rings. The molecule has 0 spiro atoms. The van der Waals surface area contributed by atoms with Gasteiger partial charge in [-0.2, -0.15) is 0 Å². The van der Waals surface area contributed by atoms with Crippen LogP contribution in [0.4, 0.5) is 0 Å². The predicted molar refractivity (Wildman–Crippen MR) is 77.0 cm³/mol. The van der Waals surface area contributed by atoms with Crippen molar-refractivity contribution in [3.05, 3.63) is 35.5 Å². The fourth-order valence-corrected chi connectivity index (χ4v) is 3.12. The first kappa shape index (κ1) is 11.8. The lowest BCUT2D eigenvalue weighted by Gasteiger charge is -2.12. The highest BCUT2D eigenvalue weighted by Crippen LogP contribution is 2.50. The summed E-state index contributed by atoms with van der Waals surface area (Å²) in [4.78, 5) is 0. The van der Waals surface area contributed by atoms with Gasteiger partial charge < -0.3 is 10.3 Å². The van der Waals surface area contributed by atoms with Crippen LogP contribution in [0.15, 0.2) is 24.4 Å². The topological polar surface area (TPSA) is 30.9 Å². The minimum Gasteiger partial charge on any atom is -0.350 e. The molecule has 1 aromatic carbocycles. The lowest BCUT2D eigenvalue weighted by atomic mass is 9.93. The molecule has 1 aliphatic rings. The second-order valence-corrected chi connectivity index (χ2v) is 6.04. The smallest absolute Gasteiger partial charge is 0.0515 e. The molecule has 0 bridgehead atoms. The maximum absolute atomic E-state index is 5.99. The van der Waals surface area contributed by atoms with Crippen LogP contribution in [0.1, 0.15) is 43.7 Å². The van der Waals surface area contributed by atoms with E-state index in [1.54, 1.807) is 0 Å². The number of aromatic nitrogens is 1. The van der Waals surface area contributed by atoms with Crippen LogP contribution in [0, 0.1) is 0 Å². The van der Waals surface area contributed by atoms with Crippen molar-refractivity contribution >= 4 is 10.9 Å². The van der Waals surface area contributed by atoms with Crippen molar-refractivity contribution in [2.75, 3.05) is 6.54 Å². The van der Waals surface area contributed by atoms with E-state index < -0.39 is 0 Å². The third-order valence-electron chi connectivity index (χ3n) is 4.47. The van der Waals surface area contributed by atoms with Gasteiger partial charge in [0.25, 0.3) is 0 Å². The molecule has 0 amide bonds. The summed E-state index contributed by atoms with van der Waals surface area (Å²) in [6, 6.07) is 6.69. The number of hydrogen-bond donors (Lipinski definition) is 1. The summed E-state index contributed by atoms with van der Waals surface area (Å²) in [6.45, 7) is 5.30. The fourth-order valence-electron chi connectivity index (χ4n) is 3.12. The average Bonchev–Trinajstić information content (AvgIpc) is 3.09. The molecule has 0 atom stereocenters. The second kappa shape index (κ2) is 3.86. The van der Waals surface area contributed by atoms with Crippen LogP contribution in [-0.4, -0.2) is 11.1 Å². The van der Waals surface area contributed by atoms with Gasteiger partial charge in [-0.1, -0.05) is 32.0 Å². The Morgan fingerprint density at radius 2 is 2.06 bits per heavy atom. The molecule has 1 heterocycles. The minimum atomic E-state index is 0.273. The Morgan fingerprint density at radius 1 is 1.33 bits per heavy atom. The molecule has 3 rings (SSSR count). The number of rotatable bonds is 3. The fraction of sp³-hybridized carbons (Fsp3) is 0.500. The molecule has 0 radical (unpaired) electrons. The summed E-state index contributed by atoms with van der Waals surface area (Å²) in [5.41, 5.74) is 10.6. The van der Waals surface area contributed by atoms with E-state index >= 15 is 0 Å². The highest BCUT2D eigenvalue weighted by atomic mass is 14.9. The Kier molecular flexibility index (Phi) is 2.53. The number of nitrogens with two attached hydrogens (primary N) is 1. The molecule has 1 saturated carbocycles. The van der Waals surface area contributed by atoms with Crippen LogP contribution in [-0.2, 0) is 12.5 Å². The van der Waals surface area contributed by atoms with E-state index in [0.29, 0.717) is 5.92 Å². The van der Waals surface area contributed by atoms with Gasteiger partial charge in [0.2, 0.25) is 0 Å². The first-order chi connectivity index (χ1) is 8.59. The summed E-state index contributed by atoms with van der Waals surface area (Å²) in [5.74, 6) is 0.558. The molecule has 1 aliphatic carbocycles. The molecule has 18 heavy (non-hydrogen) atoms. The third kappa shape index (κ3) is 1.52. The molecular weight excluding hydrogens is 220 g/mol. The molecule has 0 saturated heterocycles. The van der Waals surface area contributed by atoms with Crippen molar-refractivity contribution in [1.29, 1.82) is 0 Å². The quantitative estimate of drug-likeness (QED) is 0.879. The third-order valence-corrected chi connectivity index (χ3v) is 4.47. The van der Waals surface area contributed by atoms with Crippen molar-refractivity contribution in [2.45, 2.75) is 38.0 Å². The predicted octanol–water partition coefficient (Wildman–Crippen LogP) is 3.29. The zero-order valence-corrected chi connectivity index (χ0v) is 11.5. The molecular formula is C16H22N2. The normalized spacial score (nSPS) is 17.6. The molecule has 0 unspecified atom stereocenters. The Labute approximate surface area is 109 Å². The summed E-state index contributed by atoms with van der Waals surface area (Å²) in [5, 5.41) is 1.41. The van der Waals surface area contributed by atoms with Gasteiger partial charge >= 0.3 is 0 Å². The van der Waals surface area contributed by atoms with Gasteiger partial charge in [0.1, 0.15) is 0 Å². The zero-order valence-electron chi connectivity index (χ0n) is 11.5. The van der Waals surface area contributed by atoms with Gasteiger partial charge in [0.15, 0.2) is 0 Å². The van der Waals surface area contributed by atoms with Gasteiger partial charge in [0.05, 0.1) is 5.52 Å². The summed E-state index contributed by atoms with van der Waals surface area (Å²) >= 11 is 0. The Bertz CT molecular complexity index is 588. The van der Waals surface area contributed by atoms with E-state index in [4.69, 9.17) is 5.73 Å². The minimum absolute atomic E-state index is 0.273. The molecule has 96 valence electrons. The van der Waals surface area contributed by atoms with Gasteiger partial charge in [0, 0.05) is 30.6 Å². The second-order valence-electron chi connectivity index (χ2n) is 6.04. The lowest BCUT2D eigenvalue weighted by Crippen LogP contribution is -2.19. The average molecular weight is 242 g/mol. The van der Waals surface area contributed by atoms with Crippen LogP contribution in [0.25, 0.3) is 10.9 Å². The summed E-state index contributed by atoms with van der Waals surface area (Å²) in [7, 11) is 2.16. The van der Waals surface area contributed by atoms with Crippen molar-refractivity contribution in [1.82, 2.24) is 4.57 Å². The van der Waals surface area contributed by atoms with E-state index in [2.05, 4.69) is 49.9 Å². The maximum atomic E-state index is 5.99. The highest BCUT2D eigenvalue weighted by molar-refractivity contribution is 5.88. The van der Waals surface area contributed by atoms with E-state index in [1.165, 1.54) is 34.9 Å². The largest absolute Gasteiger partial charge is 0.350 e. The SMILES string of the molecule is CC(C)c1cccc2c(C3(CN)CC3)cn(C)c12. The van der Waals surface area contributed by atoms with E-state index in [1.807, 2.05) is 0 Å². The number of para-hydroxylation sites is 1. The van der Waals surface area contributed by atoms with Gasteiger partial charge in [-0.25, -0.2) is 0 Å². The number of fused-ring (bicyclic) bond motifs is 1. The first-order valence-corrected chi connectivity index (χ1v) is 6.87. The van der Waals surface area contributed by atoms with Crippen molar-refractivity contribution in [3.63, 3.8) is 0 Å². The summed E-state index contributed by atoms with van der Waals surface area (Å²) in [6.07, 6.45) is 4.79. The summed E-state index contributed by atoms with van der Waals surface area (Å²) < 4.78 is 2.29. The van der Waals surface area contributed by atoms with Crippen molar-refractivity contribution < 1.29 is 0 Å². The zero-order chi connectivity index (χ0) is 12.9. The van der Waals surface area contributed by atoms with E-state index in [-0.39, 0.29) is 5.41 Å². The molecule has 1 aromatic heterocycles. The number of nitrogens with zero attached hydrogens (tertiary/aromatic N) is 1. The molecule has 0 aliphatic heterocycles. The highest BCUT2D eigenvalue weighted by Gasteiger charge is 2.44. The Hall–Kier alpha value is -1.28. The number of benzene rings is 1. The monoisotopic (exact) mass is 242 g/mol. The van der Waals surface area contributed by atoms with Crippen molar-refractivity contribution in [2.24, 2.45) is 12.8 Å². The van der Waals surface area contributed by atoms with E-state index in [0.717, 1.165) is 6.54 Å². The van der Waals surface area contributed by atoms with Gasteiger partial charge in [-0.05, 0) is 29.9 Å². The molecule has 2 N–H and O–H groups in total. The van der Waals surface area contributed by atoms with Crippen LogP contribution in [0.3, 0.4) is 0 Å². The first-order valence-electron chi connectivity index (χ1n) is 6.87. The number of aryl methyl sites for hydroxylation is 1. The molecule has 2 heteroatoms.